The van der Waals surface area contributed by atoms with Crippen LogP contribution in [-0.4, -0.2) is 23.0 Å². The number of fused-ring (bicyclic) bond motifs is 1. The van der Waals surface area contributed by atoms with Gasteiger partial charge in [0.05, 0.1) is 10.6 Å². The number of anilines is 1. The minimum Gasteiger partial charge on any atom is -0.477 e. The monoisotopic (exact) mass is 401 g/mol. The number of carbonyl (C=O) groups is 2. The van der Waals surface area contributed by atoms with Gasteiger partial charge in [-0.05, 0) is 84.6 Å². The highest BCUT2D eigenvalue weighted by Gasteiger charge is 2.41. The molecule has 2 aliphatic rings. The molecular formula is C23H31NO3S. The molecule has 3 rings (SSSR count). The summed E-state index contributed by atoms with van der Waals surface area (Å²) in [6.45, 7) is 9.97. The molecule has 28 heavy (non-hydrogen) atoms. The van der Waals surface area contributed by atoms with Crippen LogP contribution in [0.2, 0.25) is 0 Å². The zero-order valence-corrected chi connectivity index (χ0v) is 18.4. The average molecular weight is 402 g/mol. The Bertz CT molecular complexity index is 809. The number of carbonyl (C=O) groups excluding carboxylic acids is 1. The minimum atomic E-state index is -0.996. The first-order valence-electron chi connectivity index (χ1n) is 10.3. The molecule has 1 aromatic rings. The smallest absolute Gasteiger partial charge is 0.348 e. The predicted octanol–water partition coefficient (Wildman–Crippen LogP) is 5.41. The molecule has 3 atom stereocenters. The summed E-state index contributed by atoms with van der Waals surface area (Å²) in [4.78, 5) is 27.9. The van der Waals surface area contributed by atoms with Crippen molar-refractivity contribution in [2.24, 2.45) is 23.2 Å². The molecule has 2 saturated carbocycles. The van der Waals surface area contributed by atoms with Crippen LogP contribution in [0.25, 0.3) is 0 Å². The van der Waals surface area contributed by atoms with Crippen molar-refractivity contribution < 1.29 is 14.7 Å². The number of aromatic carboxylic acids is 1. The Balaban J connectivity index is 1.91. The molecule has 1 N–H and O–H groups in total. The quantitative estimate of drug-likeness (QED) is 0.686. The van der Waals surface area contributed by atoms with E-state index >= 15 is 0 Å². The third-order valence-corrected chi connectivity index (χ3v) is 6.70. The van der Waals surface area contributed by atoms with E-state index in [2.05, 4.69) is 11.8 Å². The van der Waals surface area contributed by atoms with Crippen LogP contribution in [0.3, 0.4) is 0 Å². The lowest BCUT2D eigenvalue weighted by Gasteiger charge is -2.30. The molecule has 1 unspecified atom stereocenters. The topological polar surface area (TPSA) is 57.6 Å². The zero-order chi connectivity index (χ0) is 20.6. The van der Waals surface area contributed by atoms with Crippen molar-refractivity contribution in [1.29, 1.82) is 0 Å². The fourth-order valence-corrected chi connectivity index (χ4v) is 4.95. The first-order valence-corrected chi connectivity index (χ1v) is 11.1. The molecule has 0 aliphatic heterocycles. The second kappa shape index (κ2) is 7.91. The number of hydrogen-bond acceptors (Lipinski definition) is 3. The molecule has 0 spiro atoms. The largest absolute Gasteiger partial charge is 0.477 e. The highest BCUT2D eigenvalue weighted by atomic mass is 32.1. The van der Waals surface area contributed by atoms with Gasteiger partial charge in [0.2, 0.25) is 5.91 Å². The summed E-state index contributed by atoms with van der Waals surface area (Å²) in [7, 11) is 0. The molecule has 152 valence electrons. The minimum absolute atomic E-state index is 0.000791. The van der Waals surface area contributed by atoms with Crippen molar-refractivity contribution in [3.8, 4) is 11.8 Å². The van der Waals surface area contributed by atoms with Gasteiger partial charge >= 0.3 is 5.97 Å². The molecule has 5 heteroatoms. The summed E-state index contributed by atoms with van der Waals surface area (Å²) >= 11 is 1.16. The second-order valence-corrected chi connectivity index (χ2v) is 10.6. The van der Waals surface area contributed by atoms with Crippen LogP contribution in [0, 0.1) is 35.0 Å². The van der Waals surface area contributed by atoms with Crippen LogP contribution in [0.5, 0.6) is 0 Å². The van der Waals surface area contributed by atoms with Gasteiger partial charge in [-0.15, -0.1) is 11.3 Å². The molecular weight excluding hydrogens is 370 g/mol. The third kappa shape index (κ3) is 4.78. The van der Waals surface area contributed by atoms with Crippen molar-refractivity contribution in [2.45, 2.75) is 72.8 Å². The van der Waals surface area contributed by atoms with E-state index in [1.54, 1.807) is 11.0 Å². The third-order valence-electron chi connectivity index (χ3n) is 5.67. The van der Waals surface area contributed by atoms with E-state index in [1.807, 2.05) is 34.6 Å². The van der Waals surface area contributed by atoms with Crippen LogP contribution in [0.1, 0.15) is 81.3 Å². The highest BCUT2D eigenvalue weighted by Crippen LogP contribution is 2.49. The number of rotatable bonds is 4. The lowest BCUT2D eigenvalue weighted by Crippen LogP contribution is -2.41. The van der Waals surface area contributed by atoms with Crippen molar-refractivity contribution in [3.63, 3.8) is 0 Å². The molecule has 4 nitrogen and oxygen atoms in total. The van der Waals surface area contributed by atoms with Gasteiger partial charge in [-0.1, -0.05) is 11.8 Å². The van der Waals surface area contributed by atoms with Gasteiger partial charge in [0.15, 0.2) is 0 Å². The number of carboxylic acid groups (broad SMARTS) is 1. The number of carboxylic acids is 1. The first-order chi connectivity index (χ1) is 13.1. The van der Waals surface area contributed by atoms with Crippen molar-refractivity contribution in [1.82, 2.24) is 0 Å². The van der Waals surface area contributed by atoms with Gasteiger partial charge in [0, 0.05) is 17.4 Å². The summed E-state index contributed by atoms with van der Waals surface area (Å²) in [5.41, 5.74) is 0.340. The van der Waals surface area contributed by atoms with Crippen LogP contribution in [0.4, 0.5) is 5.69 Å². The number of amides is 1. The van der Waals surface area contributed by atoms with Crippen molar-refractivity contribution in [3.05, 3.63) is 15.8 Å². The Hall–Kier alpha value is -1.80. The number of hydrogen-bond donors (Lipinski definition) is 1. The van der Waals surface area contributed by atoms with Crippen LogP contribution in [-0.2, 0) is 4.79 Å². The first kappa shape index (κ1) is 20.9. The number of nitrogens with zero attached hydrogens (tertiary/aromatic N) is 1. The maximum absolute atomic E-state index is 13.4. The zero-order valence-electron chi connectivity index (χ0n) is 17.5. The summed E-state index contributed by atoms with van der Waals surface area (Å²) in [5.74, 6) is 6.98. The van der Waals surface area contributed by atoms with E-state index in [9.17, 15) is 14.7 Å². The summed E-state index contributed by atoms with van der Waals surface area (Å²) < 4.78 is 0. The summed E-state index contributed by atoms with van der Waals surface area (Å²) in [5, 5.41) is 9.74. The molecule has 2 fully saturated rings. The van der Waals surface area contributed by atoms with Gasteiger partial charge in [0.1, 0.15) is 4.88 Å². The SMILES string of the molecule is CC(C)N(C(=O)C1CC[C@@H]2C[C@@H]2CC1)c1cc(C#CC(C)(C)C)sc1C(=O)O. The average Bonchev–Trinajstić information content (AvgIpc) is 3.23. The molecule has 1 aromatic heterocycles. The Morgan fingerprint density at radius 2 is 1.79 bits per heavy atom. The molecule has 0 bridgehead atoms. The second-order valence-electron chi connectivity index (χ2n) is 9.54. The summed E-state index contributed by atoms with van der Waals surface area (Å²) in [6, 6.07) is 1.69. The maximum atomic E-state index is 13.4. The highest BCUT2D eigenvalue weighted by molar-refractivity contribution is 7.15. The van der Waals surface area contributed by atoms with Gasteiger partial charge < -0.3 is 10.0 Å². The lowest BCUT2D eigenvalue weighted by atomic mass is 9.96. The van der Waals surface area contributed by atoms with Crippen LogP contribution in [0.15, 0.2) is 6.07 Å². The van der Waals surface area contributed by atoms with E-state index in [-0.39, 0.29) is 28.2 Å². The van der Waals surface area contributed by atoms with Gasteiger partial charge in [-0.3, -0.25) is 4.79 Å². The van der Waals surface area contributed by atoms with Gasteiger partial charge in [-0.2, -0.15) is 0 Å². The van der Waals surface area contributed by atoms with Gasteiger partial charge in [0.25, 0.3) is 0 Å². The van der Waals surface area contributed by atoms with E-state index in [1.165, 1.54) is 6.42 Å². The fourth-order valence-electron chi connectivity index (χ4n) is 4.11. The molecule has 2 aliphatic carbocycles. The van der Waals surface area contributed by atoms with Crippen LogP contribution < -0.4 is 4.90 Å². The van der Waals surface area contributed by atoms with Gasteiger partial charge in [-0.25, -0.2) is 4.79 Å². The summed E-state index contributed by atoms with van der Waals surface area (Å²) in [6.07, 6.45) is 5.44. The standard InChI is InChI=1S/C23H31NO3S/c1-14(2)24(21(25)15-6-8-16-12-17(16)9-7-15)19-13-18(10-11-23(3,4)5)28-20(19)22(26)27/h13-17H,6-9,12H2,1-5H3,(H,26,27)/t15?,16-,17+. The molecule has 1 heterocycles. The van der Waals surface area contributed by atoms with E-state index in [0.717, 1.165) is 48.9 Å². The Morgan fingerprint density at radius 3 is 2.29 bits per heavy atom. The fraction of sp³-hybridized carbons (Fsp3) is 0.652. The normalized spacial score (nSPS) is 24.0. The number of thiophene rings is 1. The Morgan fingerprint density at radius 1 is 1.18 bits per heavy atom. The molecule has 0 radical (unpaired) electrons. The predicted molar refractivity (Wildman–Crippen MR) is 114 cm³/mol. The van der Waals surface area contributed by atoms with Crippen LogP contribution >= 0.6 is 11.3 Å². The van der Waals surface area contributed by atoms with E-state index in [4.69, 9.17) is 0 Å². The van der Waals surface area contributed by atoms with Crippen molar-refractivity contribution >= 4 is 28.9 Å². The van der Waals surface area contributed by atoms with Crippen molar-refractivity contribution in [2.75, 3.05) is 4.90 Å². The lowest BCUT2D eigenvalue weighted by molar-refractivity contribution is -0.123. The van der Waals surface area contributed by atoms with E-state index in [0.29, 0.717) is 10.6 Å². The molecule has 0 saturated heterocycles. The van der Waals surface area contributed by atoms with E-state index < -0.39 is 5.97 Å². The molecule has 0 aromatic carbocycles. The molecule has 1 amide bonds. The Kier molecular flexibility index (Phi) is 5.91. The Labute approximate surface area is 172 Å². The maximum Gasteiger partial charge on any atom is 0.348 e.